The number of nitrogens with one attached hydrogen (secondary N) is 3. The average molecular weight is 402 g/mol. The topological polar surface area (TPSA) is 119 Å². The van der Waals surface area contributed by atoms with E-state index in [0.717, 1.165) is 0 Å². The van der Waals surface area contributed by atoms with E-state index in [1.165, 1.54) is 11.3 Å². The van der Waals surface area contributed by atoms with Crippen molar-refractivity contribution in [3.05, 3.63) is 29.3 Å². The lowest BCUT2D eigenvalue weighted by molar-refractivity contribution is -0.122. The van der Waals surface area contributed by atoms with Gasteiger partial charge in [-0.15, -0.1) is 11.3 Å². The smallest absolute Gasteiger partial charge is 0.248 e. The summed E-state index contributed by atoms with van der Waals surface area (Å²) in [6, 6.07) is 4.68. The van der Waals surface area contributed by atoms with Crippen LogP contribution in [0.2, 0.25) is 0 Å². The van der Waals surface area contributed by atoms with Gasteiger partial charge in [-0.2, -0.15) is 0 Å². The third-order valence-electron chi connectivity index (χ3n) is 4.26. The maximum Gasteiger partial charge on any atom is 0.248 e. The van der Waals surface area contributed by atoms with Crippen molar-refractivity contribution in [2.24, 2.45) is 0 Å². The lowest BCUT2D eigenvalue weighted by atomic mass is 10.2. The zero-order valence-electron chi connectivity index (χ0n) is 14.8. The number of rotatable bonds is 5. The minimum atomic E-state index is -0.529. The molecule has 0 spiro atoms. The molecule has 10 heteroatoms. The van der Waals surface area contributed by atoms with Gasteiger partial charge in [0, 0.05) is 23.6 Å². The van der Waals surface area contributed by atoms with Gasteiger partial charge in [-0.1, -0.05) is 0 Å². The first kappa shape index (κ1) is 18.2. The van der Waals surface area contributed by atoms with Crippen LogP contribution in [-0.4, -0.2) is 42.0 Å². The van der Waals surface area contributed by atoms with Crippen molar-refractivity contribution in [1.29, 1.82) is 0 Å². The highest BCUT2D eigenvalue weighted by Gasteiger charge is 2.27. The number of hydrogen-bond donors (Lipinski definition) is 3. The Kier molecular flexibility index (Phi) is 5.11. The Balaban J connectivity index is 1.31. The van der Waals surface area contributed by atoms with E-state index in [4.69, 9.17) is 9.47 Å². The zero-order chi connectivity index (χ0) is 19.5. The number of anilines is 2. The lowest BCUT2D eigenvalue weighted by Gasteiger charge is -2.18. The Hall–Kier alpha value is -3.14. The summed E-state index contributed by atoms with van der Waals surface area (Å²) in [4.78, 5) is 39.8. The Morgan fingerprint density at radius 1 is 1.21 bits per heavy atom. The molecule has 9 nitrogen and oxygen atoms in total. The highest BCUT2D eigenvalue weighted by molar-refractivity contribution is 7.13. The maximum atomic E-state index is 12.3. The molecule has 1 atom stereocenters. The van der Waals surface area contributed by atoms with Crippen LogP contribution >= 0.6 is 11.3 Å². The van der Waals surface area contributed by atoms with E-state index in [9.17, 15) is 14.4 Å². The molecule has 146 valence electrons. The van der Waals surface area contributed by atoms with Gasteiger partial charge in [-0.25, -0.2) is 4.98 Å². The molecule has 3 N–H and O–H groups in total. The molecule has 1 saturated heterocycles. The summed E-state index contributed by atoms with van der Waals surface area (Å²) in [6.45, 7) is 0.983. The molecule has 28 heavy (non-hydrogen) atoms. The van der Waals surface area contributed by atoms with Gasteiger partial charge in [0.05, 0.1) is 12.1 Å². The fourth-order valence-corrected chi connectivity index (χ4v) is 3.65. The summed E-state index contributed by atoms with van der Waals surface area (Å²) in [5.74, 6) is 0.593. The van der Waals surface area contributed by atoms with Gasteiger partial charge in [-0.05, 0) is 18.6 Å². The van der Waals surface area contributed by atoms with Crippen LogP contribution in [0.5, 0.6) is 11.5 Å². The van der Waals surface area contributed by atoms with Crippen molar-refractivity contribution in [2.75, 3.05) is 23.8 Å². The summed E-state index contributed by atoms with van der Waals surface area (Å²) in [5, 5.41) is 10.2. The number of amides is 3. The number of aromatic nitrogens is 1. The Morgan fingerprint density at radius 3 is 2.82 bits per heavy atom. The Bertz CT molecular complexity index is 928. The normalized spacial score (nSPS) is 17.7. The van der Waals surface area contributed by atoms with Crippen molar-refractivity contribution in [2.45, 2.75) is 25.3 Å². The van der Waals surface area contributed by atoms with E-state index < -0.39 is 6.04 Å². The number of fused-ring (bicyclic) bond motifs is 1. The summed E-state index contributed by atoms with van der Waals surface area (Å²) in [5.41, 5.74) is 1.15. The van der Waals surface area contributed by atoms with Crippen molar-refractivity contribution in [3.8, 4) is 11.5 Å². The number of carbonyl (C=O) groups is 3. The lowest BCUT2D eigenvalue weighted by Crippen LogP contribution is -2.37. The van der Waals surface area contributed by atoms with Gasteiger partial charge in [-0.3, -0.25) is 14.4 Å². The van der Waals surface area contributed by atoms with E-state index in [0.29, 0.717) is 54.1 Å². The van der Waals surface area contributed by atoms with Gasteiger partial charge in [0.1, 0.15) is 19.3 Å². The first-order valence-electron chi connectivity index (χ1n) is 8.81. The number of carbonyl (C=O) groups excluding carboxylic acids is 3. The minimum Gasteiger partial charge on any atom is -0.486 e. The van der Waals surface area contributed by atoms with E-state index in [1.54, 1.807) is 23.6 Å². The molecule has 1 aromatic heterocycles. The highest BCUT2D eigenvalue weighted by Crippen LogP contribution is 2.32. The number of hydrogen-bond acceptors (Lipinski definition) is 7. The van der Waals surface area contributed by atoms with Crippen LogP contribution in [0.3, 0.4) is 0 Å². The molecule has 4 rings (SSSR count). The second kappa shape index (κ2) is 7.85. The van der Waals surface area contributed by atoms with Crippen LogP contribution < -0.4 is 25.4 Å². The predicted octanol–water partition coefficient (Wildman–Crippen LogP) is 1.31. The molecule has 2 aromatic rings. The molecule has 0 aliphatic carbocycles. The molecule has 3 heterocycles. The van der Waals surface area contributed by atoms with Crippen molar-refractivity contribution in [3.63, 3.8) is 0 Å². The fourth-order valence-electron chi connectivity index (χ4n) is 2.94. The average Bonchev–Trinajstić information content (AvgIpc) is 3.30. The van der Waals surface area contributed by atoms with Crippen LogP contribution in [0.25, 0.3) is 0 Å². The zero-order valence-corrected chi connectivity index (χ0v) is 15.6. The SMILES string of the molecule is O=C(Cc1csc(NC(=O)[C@H]2CCC(=O)N2)n1)Nc1ccc2c(c1)OCCO2. The number of thiazole rings is 1. The third kappa shape index (κ3) is 4.22. The van der Waals surface area contributed by atoms with Crippen LogP contribution in [0, 0.1) is 0 Å². The predicted molar refractivity (Wildman–Crippen MR) is 102 cm³/mol. The molecular weight excluding hydrogens is 384 g/mol. The molecule has 1 aromatic carbocycles. The van der Waals surface area contributed by atoms with Crippen molar-refractivity contribution >= 4 is 39.9 Å². The Labute approximate surface area is 164 Å². The largest absolute Gasteiger partial charge is 0.486 e. The van der Waals surface area contributed by atoms with Gasteiger partial charge in [0.15, 0.2) is 16.6 Å². The van der Waals surface area contributed by atoms with Crippen molar-refractivity contribution < 1.29 is 23.9 Å². The second-order valence-corrected chi connectivity index (χ2v) is 7.23. The molecule has 0 bridgehead atoms. The van der Waals surface area contributed by atoms with Gasteiger partial charge >= 0.3 is 0 Å². The summed E-state index contributed by atoms with van der Waals surface area (Å²) in [6.07, 6.45) is 0.892. The molecule has 0 radical (unpaired) electrons. The van der Waals surface area contributed by atoms with Crippen LogP contribution in [0.15, 0.2) is 23.6 Å². The molecule has 3 amide bonds. The van der Waals surface area contributed by atoms with Gasteiger partial charge in [0.25, 0.3) is 0 Å². The number of ether oxygens (including phenoxy) is 2. The van der Waals surface area contributed by atoms with E-state index in [1.807, 2.05) is 0 Å². The van der Waals surface area contributed by atoms with Crippen LogP contribution in [0.4, 0.5) is 10.8 Å². The monoisotopic (exact) mass is 402 g/mol. The van der Waals surface area contributed by atoms with Crippen LogP contribution in [-0.2, 0) is 20.8 Å². The van der Waals surface area contributed by atoms with Crippen LogP contribution in [0.1, 0.15) is 18.5 Å². The second-order valence-electron chi connectivity index (χ2n) is 6.38. The first-order valence-corrected chi connectivity index (χ1v) is 9.69. The quantitative estimate of drug-likeness (QED) is 0.694. The molecule has 1 fully saturated rings. The maximum absolute atomic E-state index is 12.3. The summed E-state index contributed by atoms with van der Waals surface area (Å²) in [7, 11) is 0. The Morgan fingerprint density at radius 2 is 2.04 bits per heavy atom. The summed E-state index contributed by atoms with van der Waals surface area (Å²) < 4.78 is 11.0. The van der Waals surface area contributed by atoms with Crippen molar-refractivity contribution in [1.82, 2.24) is 10.3 Å². The molecule has 0 saturated carbocycles. The van der Waals surface area contributed by atoms with Gasteiger partial charge < -0.3 is 25.4 Å². The first-order chi connectivity index (χ1) is 13.6. The number of benzene rings is 1. The molecule has 2 aliphatic heterocycles. The summed E-state index contributed by atoms with van der Waals surface area (Å²) >= 11 is 1.23. The minimum absolute atomic E-state index is 0.0704. The molecular formula is C18H18N4O5S. The molecule has 0 unspecified atom stereocenters. The van der Waals surface area contributed by atoms with E-state index in [-0.39, 0.29) is 24.1 Å². The fraction of sp³-hybridized carbons (Fsp3) is 0.333. The number of nitrogens with zero attached hydrogens (tertiary/aromatic N) is 1. The third-order valence-corrected chi connectivity index (χ3v) is 5.07. The van der Waals surface area contributed by atoms with E-state index >= 15 is 0 Å². The molecule has 2 aliphatic rings. The van der Waals surface area contributed by atoms with Gasteiger partial charge in [0.2, 0.25) is 17.7 Å². The highest BCUT2D eigenvalue weighted by atomic mass is 32.1. The van der Waals surface area contributed by atoms with E-state index in [2.05, 4.69) is 20.9 Å². The standard InChI is InChI=1S/C18H18N4O5S/c23-15-4-2-12(21-15)17(25)22-18-20-11(9-28-18)8-16(24)19-10-1-3-13-14(7-10)27-6-5-26-13/h1,3,7,9,12H,2,4-6,8H2,(H,19,24)(H,21,23)(H,20,22,25)/t12-/m1/s1.